The van der Waals surface area contributed by atoms with Crippen molar-refractivity contribution in [3.63, 3.8) is 0 Å². The summed E-state index contributed by atoms with van der Waals surface area (Å²) in [7, 11) is 1.63. The molecule has 0 aliphatic carbocycles. The highest BCUT2D eigenvalue weighted by Gasteiger charge is 2.09. The number of aromatic nitrogens is 1. The number of carbonyl (C=O) groups is 1. The number of methoxy groups -OCH3 is 1. The van der Waals surface area contributed by atoms with Crippen LogP contribution in [0.4, 0.5) is 0 Å². The minimum atomic E-state index is -0.188. The summed E-state index contributed by atoms with van der Waals surface area (Å²) >= 11 is 0. The van der Waals surface area contributed by atoms with E-state index in [1.165, 1.54) is 0 Å². The summed E-state index contributed by atoms with van der Waals surface area (Å²) in [5.41, 5.74) is 2.35. The fraction of sp³-hybridized carbons (Fsp3) is 0.158. The van der Waals surface area contributed by atoms with E-state index in [0.29, 0.717) is 12.1 Å². The van der Waals surface area contributed by atoms with Crippen LogP contribution in [0.3, 0.4) is 0 Å². The third kappa shape index (κ3) is 3.63. The van der Waals surface area contributed by atoms with E-state index >= 15 is 0 Å². The molecule has 1 aromatic carbocycles. The molecule has 3 rings (SSSR count). The van der Waals surface area contributed by atoms with E-state index in [1.807, 2.05) is 49.4 Å². The van der Waals surface area contributed by atoms with E-state index < -0.39 is 0 Å². The fourth-order valence-electron chi connectivity index (χ4n) is 2.36. The molecule has 122 valence electrons. The monoisotopic (exact) mass is 322 g/mol. The third-order valence-corrected chi connectivity index (χ3v) is 3.64. The number of amides is 1. The first-order valence-corrected chi connectivity index (χ1v) is 7.59. The maximum Gasteiger partial charge on any atom is 0.253 e. The number of rotatable bonds is 5. The van der Waals surface area contributed by atoms with Gasteiger partial charge in [-0.15, -0.1) is 0 Å². The summed E-state index contributed by atoms with van der Waals surface area (Å²) in [6.07, 6.45) is 3.28. The van der Waals surface area contributed by atoms with Crippen molar-refractivity contribution in [2.75, 3.05) is 7.11 Å². The molecule has 0 atom stereocenters. The zero-order chi connectivity index (χ0) is 16.9. The third-order valence-electron chi connectivity index (χ3n) is 3.64. The molecule has 5 nitrogen and oxygen atoms in total. The standard InChI is InChI=1S/C19H18N2O3/c1-13-3-6-18(24-13)12-21-19(22)16-9-15(10-20-11-16)14-4-7-17(23-2)8-5-14/h3-11H,12H2,1-2H3,(H,21,22). The van der Waals surface area contributed by atoms with Crippen LogP contribution < -0.4 is 10.1 Å². The van der Waals surface area contributed by atoms with Gasteiger partial charge in [0.2, 0.25) is 0 Å². The van der Waals surface area contributed by atoms with E-state index in [-0.39, 0.29) is 5.91 Å². The molecule has 0 fully saturated rings. The van der Waals surface area contributed by atoms with Gasteiger partial charge in [-0.3, -0.25) is 9.78 Å². The molecule has 0 aliphatic rings. The van der Waals surface area contributed by atoms with Crippen molar-refractivity contribution >= 4 is 5.91 Å². The van der Waals surface area contributed by atoms with Crippen molar-refractivity contribution in [2.45, 2.75) is 13.5 Å². The van der Waals surface area contributed by atoms with E-state index in [0.717, 1.165) is 28.4 Å². The molecule has 0 bridgehead atoms. The van der Waals surface area contributed by atoms with Gasteiger partial charge in [0, 0.05) is 18.0 Å². The molecule has 2 heterocycles. The van der Waals surface area contributed by atoms with Crippen molar-refractivity contribution in [1.29, 1.82) is 0 Å². The number of ether oxygens (including phenoxy) is 1. The first-order valence-electron chi connectivity index (χ1n) is 7.59. The number of furan rings is 1. The van der Waals surface area contributed by atoms with Crippen molar-refractivity contribution < 1.29 is 13.9 Å². The zero-order valence-corrected chi connectivity index (χ0v) is 13.6. The van der Waals surface area contributed by atoms with Crippen LogP contribution >= 0.6 is 0 Å². The molecule has 1 amide bonds. The smallest absolute Gasteiger partial charge is 0.253 e. The van der Waals surface area contributed by atoms with Crippen LogP contribution in [-0.4, -0.2) is 18.0 Å². The van der Waals surface area contributed by atoms with Crippen LogP contribution in [0.15, 0.2) is 59.3 Å². The summed E-state index contributed by atoms with van der Waals surface area (Å²) in [5.74, 6) is 2.14. The number of hydrogen-bond donors (Lipinski definition) is 1. The Morgan fingerprint density at radius 3 is 2.58 bits per heavy atom. The number of pyridine rings is 1. The van der Waals surface area contributed by atoms with E-state index in [2.05, 4.69) is 10.3 Å². The molecule has 3 aromatic rings. The minimum absolute atomic E-state index is 0.188. The number of aryl methyl sites for hydroxylation is 1. The highest BCUT2D eigenvalue weighted by Crippen LogP contribution is 2.22. The molecule has 0 aliphatic heterocycles. The second-order valence-electron chi connectivity index (χ2n) is 5.39. The van der Waals surface area contributed by atoms with Crippen LogP contribution in [0.25, 0.3) is 11.1 Å². The maximum absolute atomic E-state index is 12.3. The average Bonchev–Trinajstić information content (AvgIpc) is 3.05. The molecular weight excluding hydrogens is 304 g/mol. The Labute approximate surface area is 140 Å². The van der Waals surface area contributed by atoms with Gasteiger partial charge in [0.1, 0.15) is 17.3 Å². The van der Waals surface area contributed by atoms with Gasteiger partial charge in [0.15, 0.2) is 0 Å². The zero-order valence-electron chi connectivity index (χ0n) is 13.6. The Morgan fingerprint density at radius 1 is 1.12 bits per heavy atom. The van der Waals surface area contributed by atoms with Gasteiger partial charge in [-0.2, -0.15) is 0 Å². The Hall–Kier alpha value is -3.08. The van der Waals surface area contributed by atoms with Crippen LogP contribution in [0.2, 0.25) is 0 Å². The summed E-state index contributed by atoms with van der Waals surface area (Å²) in [6, 6.07) is 13.2. The first-order chi connectivity index (χ1) is 11.7. The summed E-state index contributed by atoms with van der Waals surface area (Å²) in [4.78, 5) is 16.5. The first kappa shape index (κ1) is 15.8. The molecule has 0 spiro atoms. The second-order valence-corrected chi connectivity index (χ2v) is 5.39. The predicted octanol–water partition coefficient (Wildman–Crippen LogP) is 3.59. The lowest BCUT2D eigenvalue weighted by Crippen LogP contribution is -2.22. The number of nitrogens with zero attached hydrogens (tertiary/aromatic N) is 1. The lowest BCUT2D eigenvalue weighted by molar-refractivity contribution is 0.0947. The topological polar surface area (TPSA) is 64.4 Å². The Kier molecular flexibility index (Phi) is 4.61. The number of hydrogen-bond acceptors (Lipinski definition) is 4. The summed E-state index contributed by atoms with van der Waals surface area (Å²) < 4.78 is 10.6. The van der Waals surface area contributed by atoms with Crippen LogP contribution in [-0.2, 0) is 6.54 Å². The molecule has 0 saturated heterocycles. The van der Waals surface area contributed by atoms with Crippen molar-refractivity contribution in [1.82, 2.24) is 10.3 Å². The van der Waals surface area contributed by atoms with Gasteiger partial charge in [-0.1, -0.05) is 12.1 Å². The quantitative estimate of drug-likeness (QED) is 0.779. The van der Waals surface area contributed by atoms with Crippen LogP contribution in [0, 0.1) is 6.92 Å². The number of benzene rings is 1. The van der Waals surface area contributed by atoms with Gasteiger partial charge in [0.25, 0.3) is 5.91 Å². The van der Waals surface area contributed by atoms with Gasteiger partial charge in [-0.25, -0.2) is 0 Å². The molecule has 0 saturated carbocycles. The molecule has 0 unspecified atom stereocenters. The normalized spacial score (nSPS) is 10.4. The largest absolute Gasteiger partial charge is 0.497 e. The van der Waals surface area contributed by atoms with Gasteiger partial charge in [-0.05, 0) is 42.8 Å². The summed E-state index contributed by atoms with van der Waals surface area (Å²) in [6.45, 7) is 2.22. The average molecular weight is 322 g/mol. The van der Waals surface area contributed by atoms with E-state index in [1.54, 1.807) is 19.5 Å². The fourth-order valence-corrected chi connectivity index (χ4v) is 2.36. The summed E-state index contributed by atoms with van der Waals surface area (Å²) in [5, 5.41) is 2.83. The molecular formula is C19H18N2O3. The van der Waals surface area contributed by atoms with Crippen LogP contribution in [0.5, 0.6) is 5.75 Å². The second kappa shape index (κ2) is 7.00. The highest BCUT2D eigenvalue weighted by atomic mass is 16.5. The number of carbonyl (C=O) groups excluding carboxylic acids is 1. The van der Waals surface area contributed by atoms with Gasteiger partial charge in [0.05, 0.1) is 19.2 Å². The minimum Gasteiger partial charge on any atom is -0.497 e. The predicted molar refractivity (Wildman–Crippen MR) is 90.8 cm³/mol. The van der Waals surface area contributed by atoms with Crippen molar-refractivity contribution in [3.8, 4) is 16.9 Å². The Balaban J connectivity index is 1.72. The van der Waals surface area contributed by atoms with Crippen molar-refractivity contribution in [3.05, 3.63) is 71.9 Å². The molecule has 0 radical (unpaired) electrons. The molecule has 5 heteroatoms. The van der Waals surface area contributed by atoms with Gasteiger partial charge >= 0.3 is 0 Å². The van der Waals surface area contributed by atoms with Gasteiger partial charge < -0.3 is 14.5 Å². The van der Waals surface area contributed by atoms with Crippen LogP contribution in [0.1, 0.15) is 21.9 Å². The Bertz CT molecular complexity index is 838. The van der Waals surface area contributed by atoms with E-state index in [4.69, 9.17) is 9.15 Å². The SMILES string of the molecule is COc1ccc(-c2cncc(C(=O)NCc3ccc(C)o3)c2)cc1. The maximum atomic E-state index is 12.3. The Morgan fingerprint density at radius 2 is 1.92 bits per heavy atom. The number of nitrogens with one attached hydrogen (secondary N) is 1. The van der Waals surface area contributed by atoms with E-state index in [9.17, 15) is 4.79 Å². The lowest BCUT2D eigenvalue weighted by Gasteiger charge is -2.07. The van der Waals surface area contributed by atoms with Crippen molar-refractivity contribution in [2.24, 2.45) is 0 Å². The lowest BCUT2D eigenvalue weighted by atomic mass is 10.1. The molecule has 2 aromatic heterocycles. The molecule has 1 N–H and O–H groups in total. The molecule has 24 heavy (non-hydrogen) atoms. The highest BCUT2D eigenvalue weighted by molar-refractivity contribution is 5.95.